The van der Waals surface area contributed by atoms with Crippen molar-refractivity contribution >= 4 is 29.9 Å². The molecule has 1 aromatic carbocycles. The maximum atomic E-state index is 5.18. The van der Waals surface area contributed by atoms with E-state index < -0.39 is 0 Å². The fraction of sp³-hybridized carbons (Fsp3) is 0.444. The first-order chi connectivity index (χ1) is 11.8. The Morgan fingerprint density at radius 1 is 1.24 bits per heavy atom. The molecule has 0 saturated carbocycles. The third-order valence-corrected chi connectivity index (χ3v) is 3.48. The van der Waals surface area contributed by atoms with Crippen LogP contribution >= 0.6 is 24.0 Å². The van der Waals surface area contributed by atoms with Crippen molar-refractivity contribution in [1.82, 2.24) is 20.4 Å². The number of guanidine groups is 1. The molecule has 0 aliphatic heterocycles. The van der Waals surface area contributed by atoms with Gasteiger partial charge in [-0.25, -0.2) is 4.99 Å². The van der Waals surface area contributed by atoms with Gasteiger partial charge in [0, 0.05) is 39.1 Å². The summed E-state index contributed by atoms with van der Waals surface area (Å²) >= 11 is 0. The molecule has 2 N–H and O–H groups in total. The smallest absolute Gasteiger partial charge is 0.191 e. The van der Waals surface area contributed by atoms with Crippen LogP contribution in [0.25, 0.3) is 0 Å². The van der Waals surface area contributed by atoms with E-state index in [-0.39, 0.29) is 24.0 Å². The molecule has 0 aliphatic rings. The predicted octanol–water partition coefficient (Wildman–Crippen LogP) is 2.79. The summed E-state index contributed by atoms with van der Waals surface area (Å²) in [7, 11) is 1.71. The van der Waals surface area contributed by atoms with E-state index in [0.717, 1.165) is 32.0 Å². The number of halogens is 1. The number of methoxy groups -OCH3 is 1. The summed E-state index contributed by atoms with van der Waals surface area (Å²) in [5, 5.41) is 10.8. The topological polar surface area (TPSA) is 63.5 Å². The number of rotatable bonds is 9. The second kappa shape index (κ2) is 12.7. The molecular weight excluding hydrogens is 429 g/mol. The lowest BCUT2D eigenvalue weighted by molar-refractivity contribution is 0.185. The summed E-state index contributed by atoms with van der Waals surface area (Å²) in [5.74, 6) is 0.843. The highest BCUT2D eigenvalue weighted by molar-refractivity contribution is 14.0. The summed E-state index contributed by atoms with van der Waals surface area (Å²) < 4.78 is 7.11. The second-order valence-electron chi connectivity index (χ2n) is 5.50. The van der Waals surface area contributed by atoms with Crippen molar-refractivity contribution in [2.75, 3.05) is 20.2 Å². The van der Waals surface area contributed by atoms with Crippen LogP contribution in [-0.2, 0) is 24.4 Å². The van der Waals surface area contributed by atoms with Gasteiger partial charge in [0.2, 0.25) is 0 Å². The fourth-order valence-corrected chi connectivity index (χ4v) is 2.38. The molecule has 1 aromatic heterocycles. The van der Waals surface area contributed by atoms with E-state index in [1.807, 2.05) is 23.0 Å². The van der Waals surface area contributed by atoms with Gasteiger partial charge in [-0.2, -0.15) is 5.10 Å². The number of aliphatic imine (C=N–C) groups is 1. The highest BCUT2D eigenvalue weighted by atomic mass is 127. The number of aromatic nitrogens is 2. The Hall–Kier alpha value is -1.61. The molecule has 0 fully saturated rings. The number of aryl methyl sites for hydroxylation is 1. The average molecular weight is 457 g/mol. The molecule has 0 atom stereocenters. The Morgan fingerprint density at radius 2 is 2.08 bits per heavy atom. The minimum absolute atomic E-state index is 0. The van der Waals surface area contributed by atoms with Crippen LogP contribution in [0.2, 0.25) is 0 Å². The first-order valence-electron chi connectivity index (χ1n) is 8.38. The Morgan fingerprint density at radius 3 is 2.80 bits per heavy atom. The van der Waals surface area contributed by atoms with E-state index in [1.165, 1.54) is 11.1 Å². The minimum atomic E-state index is 0. The number of hydrogen-bond acceptors (Lipinski definition) is 3. The second-order valence-corrected chi connectivity index (χ2v) is 5.50. The first kappa shape index (κ1) is 21.4. The molecule has 0 unspecified atom stereocenters. The van der Waals surface area contributed by atoms with Crippen molar-refractivity contribution in [1.29, 1.82) is 0 Å². The van der Waals surface area contributed by atoms with Crippen LogP contribution < -0.4 is 10.6 Å². The van der Waals surface area contributed by atoms with E-state index in [1.54, 1.807) is 13.3 Å². The SMILES string of the molecule is CCNC(=NCc1cccc(COC)c1)NCCCn1cccn1.I. The van der Waals surface area contributed by atoms with Gasteiger partial charge in [-0.1, -0.05) is 24.3 Å². The average Bonchev–Trinajstić information content (AvgIpc) is 3.10. The third-order valence-electron chi connectivity index (χ3n) is 3.48. The Bertz CT molecular complexity index is 616. The van der Waals surface area contributed by atoms with E-state index in [9.17, 15) is 0 Å². The number of hydrogen-bond donors (Lipinski definition) is 2. The molecule has 0 aliphatic carbocycles. The van der Waals surface area contributed by atoms with Crippen molar-refractivity contribution in [3.63, 3.8) is 0 Å². The van der Waals surface area contributed by atoms with Crippen LogP contribution in [0.4, 0.5) is 0 Å². The van der Waals surface area contributed by atoms with Crippen LogP contribution in [0.3, 0.4) is 0 Å². The van der Waals surface area contributed by atoms with Gasteiger partial charge >= 0.3 is 0 Å². The van der Waals surface area contributed by atoms with Crippen LogP contribution in [0.15, 0.2) is 47.7 Å². The Kier molecular flexibility index (Phi) is 10.9. The molecule has 0 saturated heterocycles. The normalized spacial score (nSPS) is 11.0. The Labute approximate surface area is 167 Å². The van der Waals surface area contributed by atoms with Gasteiger partial charge in [0.15, 0.2) is 5.96 Å². The monoisotopic (exact) mass is 457 g/mol. The molecule has 0 spiro atoms. The van der Waals surface area contributed by atoms with Crippen molar-refractivity contribution in [3.8, 4) is 0 Å². The molecule has 7 heteroatoms. The summed E-state index contributed by atoms with van der Waals surface area (Å²) in [5.41, 5.74) is 2.35. The van der Waals surface area contributed by atoms with Crippen molar-refractivity contribution in [2.45, 2.75) is 33.0 Å². The number of nitrogens with one attached hydrogen (secondary N) is 2. The molecule has 1 heterocycles. The molecule has 0 radical (unpaired) electrons. The number of ether oxygens (including phenoxy) is 1. The molecule has 25 heavy (non-hydrogen) atoms. The lowest BCUT2D eigenvalue weighted by Crippen LogP contribution is -2.38. The summed E-state index contributed by atoms with van der Waals surface area (Å²) in [6, 6.07) is 10.3. The number of benzene rings is 1. The van der Waals surface area contributed by atoms with Crippen LogP contribution in [-0.4, -0.2) is 35.9 Å². The predicted molar refractivity (Wildman–Crippen MR) is 112 cm³/mol. The first-order valence-corrected chi connectivity index (χ1v) is 8.38. The highest BCUT2D eigenvalue weighted by Gasteiger charge is 1.99. The van der Waals surface area contributed by atoms with Crippen molar-refractivity contribution < 1.29 is 4.74 Å². The molecule has 0 amide bonds. The maximum absolute atomic E-state index is 5.18. The maximum Gasteiger partial charge on any atom is 0.191 e. The molecule has 6 nitrogen and oxygen atoms in total. The van der Waals surface area contributed by atoms with Gasteiger partial charge in [0.25, 0.3) is 0 Å². The number of nitrogens with zero attached hydrogens (tertiary/aromatic N) is 3. The van der Waals surface area contributed by atoms with Gasteiger partial charge in [-0.05, 0) is 30.5 Å². The van der Waals surface area contributed by atoms with Gasteiger partial charge in [0.1, 0.15) is 0 Å². The van der Waals surface area contributed by atoms with Gasteiger partial charge < -0.3 is 15.4 Å². The largest absolute Gasteiger partial charge is 0.380 e. The lowest BCUT2D eigenvalue weighted by Gasteiger charge is -2.11. The molecular formula is C18H28IN5O. The zero-order valence-corrected chi connectivity index (χ0v) is 17.3. The van der Waals surface area contributed by atoms with E-state index in [0.29, 0.717) is 13.2 Å². The quantitative estimate of drug-likeness (QED) is 0.263. The minimum Gasteiger partial charge on any atom is -0.380 e. The van der Waals surface area contributed by atoms with Crippen molar-refractivity contribution in [2.24, 2.45) is 4.99 Å². The molecule has 2 aromatic rings. The van der Waals surface area contributed by atoms with E-state index in [2.05, 4.69) is 45.8 Å². The van der Waals surface area contributed by atoms with Gasteiger partial charge in [0.05, 0.1) is 13.2 Å². The lowest BCUT2D eigenvalue weighted by atomic mass is 10.1. The Balaban J connectivity index is 0.00000312. The zero-order chi connectivity index (χ0) is 17.0. The molecule has 138 valence electrons. The van der Waals surface area contributed by atoms with Gasteiger partial charge in [-0.3, -0.25) is 4.68 Å². The third kappa shape index (κ3) is 8.35. The summed E-state index contributed by atoms with van der Waals surface area (Å²) in [6.07, 6.45) is 4.78. The van der Waals surface area contributed by atoms with Gasteiger partial charge in [-0.15, -0.1) is 24.0 Å². The van der Waals surface area contributed by atoms with Crippen LogP contribution in [0, 0.1) is 0 Å². The summed E-state index contributed by atoms with van der Waals surface area (Å²) in [6.45, 7) is 5.94. The highest BCUT2D eigenvalue weighted by Crippen LogP contribution is 2.07. The fourth-order valence-electron chi connectivity index (χ4n) is 2.38. The molecule has 2 rings (SSSR count). The standard InChI is InChI=1S/C18H27N5O.HI/c1-3-19-18(20-9-5-11-23-12-6-10-22-23)21-14-16-7-4-8-17(13-16)15-24-2;/h4,6-8,10,12-13H,3,5,9,11,14-15H2,1-2H3,(H2,19,20,21);1H. The van der Waals surface area contributed by atoms with Crippen LogP contribution in [0.5, 0.6) is 0 Å². The molecule has 0 bridgehead atoms. The van der Waals surface area contributed by atoms with E-state index >= 15 is 0 Å². The van der Waals surface area contributed by atoms with E-state index in [4.69, 9.17) is 4.74 Å². The zero-order valence-electron chi connectivity index (χ0n) is 14.9. The van der Waals surface area contributed by atoms with Crippen LogP contribution in [0.1, 0.15) is 24.5 Å². The van der Waals surface area contributed by atoms with Crippen molar-refractivity contribution in [3.05, 3.63) is 53.9 Å². The summed E-state index contributed by atoms with van der Waals surface area (Å²) in [4.78, 5) is 4.65.